The van der Waals surface area contributed by atoms with Gasteiger partial charge in [0, 0.05) is 12.1 Å². The van der Waals surface area contributed by atoms with Gasteiger partial charge in [-0.2, -0.15) is 8.78 Å². The fourth-order valence-corrected chi connectivity index (χ4v) is 2.34. The number of halogens is 2. The summed E-state index contributed by atoms with van der Waals surface area (Å²) in [5.41, 5.74) is 0.662. The number of hydrogen-bond donors (Lipinski definition) is 1. The van der Waals surface area contributed by atoms with Crippen LogP contribution in [-0.2, 0) is 9.53 Å². The maximum absolute atomic E-state index is 12.6. The zero-order chi connectivity index (χ0) is 20.7. The van der Waals surface area contributed by atoms with Crippen LogP contribution in [0.1, 0.15) is 15.9 Å². The topological polar surface area (TPSA) is 83.1 Å². The maximum atomic E-state index is 12.6. The van der Waals surface area contributed by atoms with E-state index in [2.05, 4.69) is 14.8 Å². The molecule has 150 valence electrons. The SMILES string of the molecule is COC(=O)c1cc(OC)c(OC(F)F)cc1NC(=O)COc1ccccc1C. The molecule has 0 fully saturated rings. The Morgan fingerprint density at radius 1 is 1.07 bits per heavy atom. The molecule has 0 aliphatic heterocycles. The van der Waals surface area contributed by atoms with Crippen molar-refractivity contribution in [1.82, 2.24) is 0 Å². The van der Waals surface area contributed by atoms with E-state index >= 15 is 0 Å². The number of hydrogen-bond acceptors (Lipinski definition) is 6. The number of benzene rings is 2. The lowest BCUT2D eigenvalue weighted by Crippen LogP contribution is -2.22. The summed E-state index contributed by atoms with van der Waals surface area (Å²) in [6.07, 6.45) is 0. The molecule has 2 aromatic carbocycles. The minimum absolute atomic E-state index is 0.0818. The Morgan fingerprint density at radius 2 is 1.79 bits per heavy atom. The quantitative estimate of drug-likeness (QED) is 0.690. The number of para-hydroxylation sites is 1. The van der Waals surface area contributed by atoms with Crippen molar-refractivity contribution >= 4 is 17.6 Å². The fraction of sp³-hybridized carbons (Fsp3) is 0.263. The number of ether oxygens (including phenoxy) is 4. The van der Waals surface area contributed by atoms with Gasteiger partial charge in [0.2, 0.25) is 0 Å². The van der Waals surface area contributed by atoms with E-state index in [4.69, 9.17) is 9.47 Å². The summed E-state index contributed by atoms with van der Waals surface area (Å²) in [6, 6.07) is 9.30. The number of nitrogens with one attached hydrogen (secondary N) is 1. The Morgan fingerprint density at radius 3 is 2.39 bits per heavy atom. The molecule has 0 spiro atoms. The average Bonchev–Trinajstić information content (AvgIpc) is 2.66. The number of methoxy groups -OCH3 is 2. The number of anilines is 1. The molecular formula is C19H19F2NO6. The number of rotatable bonds is 8. The first-order chi connectivity index (χ1) is 13.3. The van der Waals surface area contributed by atoms with Crippen LogP contribution in [0.25, 0.3) is 0 Å². The van der Waals surface area contributed by atoms with Crippen LogP contribution in [0.3, 0.4) is 0 Å². The van der Waals surface area contributed by atoms with E-state index in [1.165, 1.54) is 7.11 Å². The summed E-state index contributed by atoms with van der Waals surface area (Å²) in [5.74, 6) is -1.35. The molecule has 0 saturated heterocycles. The number of esters is 1. The molecule has 0 aliphatic carbocycles. The van der Waals surface area contributed by atoms with Crippen molar-refractivity contribution in [3.8, 4) is 17.2 Å². The lowest BCUT2D eigenvalue weighted by atomic mass is 10.1. The monoisotopic (exact) mass is 395 g/mol. The van der Waals surface area contributed by atoms with Gasteiger partial charge in [0.15, 0.2) is 18.1 Å². The van der Waals surface area contributed by atoms with E-state index in [1.54, 1.807) is 12.1 Å². The third kappa shape index (κ3) is 5.32. The predicted molar refractivity (Wildman–Crippen MR) is 96.3 cm³/mol. The van der Waals surface area contributed by atoms with Crippen LogP contribution < -0.4 is 19.5 Å². The predicted octanol–water partition coefficient (Wildman–Crippen LogP) is 3.41. The largest absolute Gasteiger partial charge is 0.493 e. The first kappa shape index (κ1) is 20.9. The Labute approximate surface area is 160 Å². The standard InChI is InChI=1S/C19H19F2NO6/c1-11-6-4-5-7-14(11)27-10-17(23)22-13-9-16(28-19(20)21)15(25-2)8-12(13)18(24)26-3/h4-9,19H,10H2,1-3H3,(H,22,23). The molecule has 0 atom stereocenters. The zero-order valence-corrected chi connectivity index (χ0v) is 15.5. The van der Waals surface area contributed by atoms with Gasteiger partial charge in [0.1, 0.15) is 5.75 Å². The highest BCUT2D eigenvalue weighted by Crippen LogP contribution is 2.35. The van der Waals surface area contributed by atoms with Crippen molar-refractivity contribution in [2.45, 2.75) is 13.5 Å². The lowest BCUT2D eigenvalue weighted by Gasteiger charge is -2.16. The average molecular weight is 395 g/mol. The highest BCUT2D eigenvalue weighted by Gasteiger charge is 2.21. The number of alkyl halides is 2. The number of carbonyl (C=O) groups is 2. The summed E-state index contributed by atoms with van der Waals surface area (Å²) in [4.78, 5) is 24.2. The van der Waals surface area contributed by atoms with Gasteiger partial charge in [-0.15, -0.1) is 0 Å². The number of carbonyl (C=O) groups excluding carboxylic acids is 2. The zero-order valence-electron chi connectivity index (χ0n) is 15.5. The smallest absolute Gasteiger partial charge is 0.387 e. The maximum Gasteiger partial charge on any atom is 0.387 e. The molecule has 1 N–H and O–H groups in total. The van der Waals surface area contributed by atoms with Gasteiger partial charge in [-0.05, 0) is 18.6 Å². The molecule has 1 amide bonds. The molecule has 7 nitrogen and oxygen atoms in total. The van der Waals surface area contributed by atoms with Crippen LogP contribution in [0.15, 0.2) is 36.4 Å². The van der Waals surface area contributed by atoms with Crippen molar-refractivity contribution < 1.29 is 37.3 Å². The Hall–Kier alpha value is -3.36. The second kappa shape index (κ2) is 9.54. The third-order valence-corrected chi connectivity index (χ3v) is 3.65. The van der Waals surface area contributed by atoms with Crippen LogP contribution in [0.4, 0.5) is 14.5 Å². The van der Waals surface area contributed by atoms with E-state index < -0.39 is 18.5 Å². The minimum Gasteiger partial charge on any atom is -0.493 e. The minimum atomic E-state index is -3.12. The highest BCUT2D eigenvalue weighted by atomic mass is 19.3. The normalized spacial score (nSPS) is 10.4. The van der Waals surface area contributed by atoms with Crippen molar-refractivity contribution in [1.29, 1.82) is 0 Å². The summed E-state index contributed by atoms with van der Waals surface area (Å²) in [7, 11) is 2.37. The van der Waals surface area contributed by atoms with Gasteiger partial charge in [0.25, 0.3) is 5.91 Å². The summed E-state index contributed by atoms with van der Waals surface area (Å²) >= 11 is 0. The molecule has 0 bridgehead atoms. The first-order valence-electron chi connectivity index (χ1n) is 8.09. The van der Waals surface area contributed by atoms with Crippen LogP contribution in [0.5, 0.6) is 17.2 Å². The molecule has 28 heavy (non-hydrogen) atoms. The van der Waals surface area contributed by atoms with Gasteiger partial charge in [-0.25, -0.2) is 4.79 Å². The van der Waals surface area contributed by atoms with Gasteiger partial charge in [0.05, 0.1) is 25.5 Å². The molecule has 0 aliphatic rings. The lowest BCUT2D eigenvalue weighted by molar-refractivity contribution is -0.118. The molecule has 0 heterocycles. The van der Waals surface area contributed by atoms with E-state index in [9.17, 15) is 18.4 Å². The third-order valence-electron chi connectivity index (χ3n) is 3.65. The second-order valence-corrected chi connectivity index (χ2v) is 5.52. The van der Waals surface area contributed by atoms with Crippen LogP contribution >= 0.6 is 0 Å². The first-order valence-corrected chi connectivity index (χ1v) is 8.09. The van der Waals surface area contributed by atoms with Gasteiger partial charge >= 0.3 is 12.6 Å². The molecule has 0 saturated carbocycles. The van der Waals surface area contributed by atoms with Gasteiger partial charge in [-0.1, -0.05) is 18.2 Å². The summed E-state index contributed by atoms with van der Waals surface area (Å²) in [5, 5.41) is 2.44. The highest BCUT2D eigenvalue weighted by molar-refractivity contribution is 6.02. The van der Waals surface area contributed by atoms with E-state index in [1.807, 2.05) is 19.1 Å². The van der Waals surface area contributed by atoms with Crippen molar-refractivity contribution in [3.05, 3.63) is 47.5 Å². The second-order valence-electron chi connectivity index (χ2n) is 5.52. The van der Waals surface area contributed by atoms with E-state index in [0.717, 1.165) is 24.8 Å². The van der Waals surface area contributed by atoms with Crippen LogP contribution in [0.2, 0.25) is 0 Å². The molecule has 0 unspecified atom stereocenters. The molecule has 0 aromatic heterocycles. The molecular weight excluding hydrogens is 376 g/mol. The fourth-order valence-electron chi connectivity index (χ4n) is 2.34. The summed E-state index contributed by atoms with van der Waals surface area (Å²) in [6.45, 7) is -1.66. The van der Waals surface area contributed by atoms with Crippen LogP contribution in [-0.4, -0.2) is 39.3 Å². The van der Waals surface area contributed by atoms with Crippen LogP contribution in [0, 0.1) is 6.92 Å². The molecule has 0 radical (unpaired) electrons. The van der Waals surface area contributed by atoms with E-state index in [0.29, 0.717) is 5.75 Å². The number of amides is 1. The van der Waals surface area contributed by atoms with Gasteiger partial charge in [-0.3, -0.25) is 4.79 Å². The Balaban J connectivity index is 2.24. The van der Waals surface area contributed by atoms with Gasteiger partial charge < -0.3 is 24.3 Å². The Kier molecular flexibility index (Phi) is 7.14. The molecule has 9 heteroatoms. The number of aryl methyl sites for hydroxylation is 1. The van der Waals surface area contributed by atoms with E-state index in [-0.39, 0.29) is 29.4 Å². The van der Waals surface area contributed by atoms with Crippen molar-refractivity contribution in [3.63, 3.8) is 0 Å². The Bertz CT molecular complexity index is 856. The molecule has 2 aromatic rings. The molecule has 2 rings (SSSR count). The van der Waals surface area contributed by atoms with Crippen molar-refractivity contribution in [2.75, 3.05) is 26.1 Å². The van der Waals surface area contributed by atoms with Crippen molar-refractivity contribution in [2.24, 2.45) is 0 Å². The summed E-state index contributed by atoms with van der Waals surface area (Å²) < 4.78 is 44.7.